The second kappa shape index (κ2) is 7.75. The van der Waals surface area contributed by atoms with Crippen LogP contribution in [-0.4, -0.2) is 25.7 Å². The van der Waals surface area contributed by atoms with Crippen LogP contribution in [0, 0.1) is 5.92 Å². The van der Waals surface area contributed by atoms with Crippen LogP contribution in [0.5, 0.6) is 5.75 Å². The van der Waals surface area contributed by atoms with Crippen molar-refractivity contribution in [3.8, 4) is 5.75 Å². The summed E-state index contributed by atoms with van der Waals surface area (Å²) in [6.45, 7) is 6.23. The molecule has 0 saturated heterocycles. The van der Waals surface area contributed by atoms with E-state index < -0.39 is 0 Å². The minimum atomic E-state index is -0.218. The minimum Gasteiger partial charge on any atom is -0.495 e. The maximum Gasteiger partial charge on any atom is 0.250 e. The normalized spacial score (nSPS) is 12.2. The Morgan fingerprint density at radius 1 is 1.35 bits per heavy atom. The van der Waals surface area contributed by atoms with Crippen molar-refractivity contribution < 1.29 is 14.3 Å². The fraction of sp³-hybridized carbons (Fsp3) is 0.533. The Morgan fingerprint density at radius 3 is 2.65 bits per heavy atom. The second-order valence-corrected chi connectivity index (χ2v) is 5.26. The standard InChI is InChI=1S/C15H24N2O3/c1-10(2)7-11(3)20-9-15(18)17-13-8-12(16)5-6-14(13)19-4/h5-6,8,10-11H,7,9,16H2,1-4H3,(H,17,18). The van der Waals surface area contributed by atoms with E-state index in [2.05, 4.69) is 19.2 Å². The van der Waals surface area contributed by atoms with Crippen LogP contribution in [0.1, 0.15) is 27.2 Å². The molecule has 1 unspecified atom stereocenters. The first kappa shape index (κ1) is 16.3. The van der Waals surface area contributed by atoms with Crippen molar-refractivity contribution in [2.75, 3.05) is 24.8 Å². The number of nitrogens with one attached hydrogen (secondary N) is 1. The van der Waals surface area contributed by atoms with Gasteiger partial charge in [0, 0.05) is 5.69 Å². The summed E-state index contributed by atoms with van der Waals surface area (Å²) in [5.74, 6) is 0.898. The Balaban J connectivity index is 2.52. The number of hydrogen-bond donors (Lipinski definition) is 2. The monoisotopic (exact) mass is 280 g/mol. The summed E-state index contributed by atoms with van der Waals surface area (Å²) in [7, 11) is 1.54. The molecule has 3 N–H and O–H groups in total. The number of benzene rings is 1. The molecule has 112 valence electrons. The van der Waals surface area contributed by atoms with Crippen molar-refractivity contribution in [3.05, 3.63) is 18.2 Å². The molecule has 0 aliphatic carbocycles. The van der Waals surface area contributed by atoms with Crippen LogP contribution in [-0.2, 0) is 9.53 Å². The predicted octanol–water partition coefficient (Wildman–Crippen LogP) is 2.67. The van der Waals surface area contributed by atoms with Gasteiger partial charge in [0.25, 0.3) is 0 Å². The van der Waals surface area contributed by atoms with E-state index in [0.29, 0.717) is 23.0 Å². The molecule has 0 aromatic heterocycles. The first-order chi connectivity index (χ1) is 9.42. The molecule has 5 nitrogen and oxygen atoms in total. The van der Waals surface area contributed by atoms with E-state index in [1.54, 1.807) is 25.3 Å². The van der Waals surface area contributed by atoms with E-state index in [0.717, 1.165) is 6.42 Å². The van der Waals surface area contributed by atoms with Gasteiger partial charge in [0.1, 0.15) is 12.4 Å². The quantitative estimate of drug-likeness (QED) is 0.753. The van der Waals surface area contributed by atoms with Gasteiger partial charge < -0.3 is 20.5 Å². The molecule has 0 fully saturated rings. The molecule has 5 heteroatoms. The van der Waals surface area contributed by atoms with Gasteiger partial charge >= 0.3 is 0 Å². The van der Waals surface area contributed by atoms with Gasteiger partial charge in [0.15, 0.2) is 0 Å². The Labute approximate surface area is 120 Å². The summed E-state index contributed by atoms with van der Waals surface area (Å²) >= 11 is 0. The smallest absolute Gasteiger partial charge is 0.250 e. The van der Waals surface area contributed by atoms with E-state index in [4.69, 9.17) is 15.2 Å². The molecular formula is C15H24N2O3. The largest absolute Gasteiger partial charge is 0.495 e. The van der Waals surface area contributed by atoms with Gasteiger partial charge in [-0.3, -0.25) is 4.79 Å². The zero-order chi connectivity index (χ0) is 15.1. The molecule has 0 radical (unpaired) electrons. The van der Waals surface area contributed by atoms with E-state index >= 15 is 0 Å². The first-order valence-electron chi connectivity index (χ1n) is 6.77. The lowest BCUT2D eigenvalue weighted by molar-refractivity contribution is -0.122. The Bertz CT molecular complexity index is 447. The molecule has 1 rings (SSSR count). The van der Waals surface area contributed by atoms with Gasteiger partial charge in [0.2, 0.25) is 5.91 Å². The van der Waals surface area contributed by atoms with Gasteiger partial charge in [-0.25, -0.2) is 0 Å². The number of anilines is 2. The van der Waals surface area contributed by atoms with Crippen LogP contribution in [0.4, 0.5) is 11.4 Å². The van der Waals surface area contributed by atoms with Gasteiger partial charge in [-0.1, -0.05) is 13.8 Å². The van der Waals surface area contributed by atoms with Crippen LogP contribution in [0.2, 0.25) is 0 Å². The molecule has 1 amide bonds. The van der Waals surface area contributed by atoms with E-state index in [1.165, 1.54) is 0 Å². The van der Waals surface area contributed by atoms with Crippen LogP contribution >= 0.6 is 0 Å². The zero-order valence-electron chi connectivity index (χ0n) is 12.6. The molecule has 0 bridgehead atoms. The van der Waals surface area contributed by atoms with Crippen molar-refractivity contribution in [1.82, 2.24) is 0 Å². The van der Waals surface area contributed by atoms with Crippen LogP contribution in [0.3, 0.4) is 0 Å². The van der Waals surface area contributed by atoms with Crippen LogP contribution < -0.4 is 15.8 Å². The van der Waals surface area contributed by atoms with E-state index in [1.807, 2.05) is 6.92 Å². The average molecular weight is 280 g/mol. The molecule has 0 aliphatic heterocycles. The fourth-order valence-corrected chi connectivity index (χ4v) is 1.96. The zero-order valence-corrected chi connectivity index (χ0v) is 12.6. The maximum absolute atomic E-state index is 11.8. The third kappa shape index (κ3) is 5.48. The number of carbonyl (C=O) groups is 1. The summed E-state index contributed by atoms with van der Waals surface area (Å²) < 4.78 is 10.7. The highest BCUT2D eigenvalue weighted by Crippen LogP contribution is 2.26. The van der Waals surface area contributed by atoms with Crippen molar-refractivity contribution >= 4 is 17.3 Å². The van der Waals surface area contributed by atoms with Gasteiger partial charge in [-0.2, -0.15) is 0 Å². The Morgan fingerprint density at radius 2 is 2.05 bits per heavy atom. The van der Waals surface area contributed by atoms with Crippen LogP contribution in [0.25, 0.3) is 0 Å². The maximum atomic E-state index is 11.8. The topological polar surface area (TPSA) is 73.6 Å². The lowest BCUT2D eigenvalue weighted by Gasteiger charge is -2.15. The second-order valence-electron chi connectivity index (χ2n) is 5.26. The Kier molecular flexibility index (Phi) is 6.31. The molecule has 20 heavy (non-hydrogen) atoms. The first-order valence-corrected chi connectivity index (χ1v) is 6.77. The highest BCUT2D eigenvalue weighted by molar-refractivity contribution is 5.93. The molecular weight excluding hydrogens is 256 g/mol. The lowest BCUT2D eigenvalue weighted by atomic mass is 10.1. The van der Waals surface area contributed by atoms with Gasteiger partial charge in [-0.15, -0.1) is 0 Å². The van der Waals surface area contributed by atoms with E-state index in [9.17, 15) is 4.79 Å². The number of hydrogen-bond acceptors (Lipinski definition) is 4. The lowest BCUT2D eigenvalue weighted by Crippen LogP contribution is -2.23. The molecule has 0 saturated carbocycles. The minimum absolute atomic E-state index is 0.0197. The van der Waals surface area contributed by atoms with Crippen LogP contribution in [0.15, 0.2) is 18.2 Å². The van der Waals surface area contributed by atoms with Crippen molar-refractivity contribution in [2.24, 2.45) is 5.92 Å². The summed E-state index contributed by atoms with van der Waals surface area (Å²) in [5, 5.41) is 2.74. The molecule has 0 spiro atoms. The van der Waals surface area contributed by atoms with Gasteiger partial charge in [-0.05, 0) is 37.5 Å². The van der Waals surface area contributed by atoms with Gasteiger partial charge in [0.05, 0.1) is 18.9 Å². The van der Waals surface area contributed by atoms with Crippen molar-refractivity contribution in [2.45, 2.75) is 33.3 Å². The number of nitrogens with two attached hydrogens (primary N) is 1. The summed E-state index contributed by atoms with van der Waals surface area (Å²) in [5.41, 5.74) is 6.82. The third-order valence-electron chi connectivity index (χ3n) is 2.80. The molecule has 1 aromatic rings. The number of methoxy groups -OCH3 is 1. The summed E-state index contributed by atoms with van der Waals surface area (Å²) in [4.78, 5) is 11.8. The Hall–Kier alpha value is -1.75. The van der Waals surface area contributed by atoms with Crippen molar-refractivity contribution in [3.63, 3.8) is 0 Å². The number of ether oxygens (including phenoxy) is 2. The number of amides is 1. The predicted molar refractivity (Wildman–Crippen MR) is 80.9 cm³/mol. The van der Waals surface area contributed by atoms with Crippen molar-refractivity contribution in [1.29, 1.82) is 0 Å². The average Bonchev–Trinajstić information content (AvgIpc) is 2.36. The summed E-state index contributed by atoms with van der Waals surface area (Å²) in [6.07, 6.45) is 0.984. The molecule has 1 aromatic carbocycles. The number of carbonyl (C=O) groups excluding carboxylic acids is 1. The molecule has 0 heterocycles. The number of rotatable bonds is 7. The molecule has 1 atom stereocenters. The van der Waals surface area contributed by atoms with E-state index in [-0.39, 0.29) is 18.6 Å². The fourth-order valence-electron chi connectivity index (χ4n) is 1.96. The highest BCUT2D eigenvalue weighted by Gasteiger charge is 2.11. The molecule has 0 aliphatic rings. The third-order valence-corrected chi connectivity index (χ3v) is 2.80. The summed E-state index contributed by atoms with van der Waals surface area (Å²) in [6, 6.07) is 5.09. The number of nitrogen functional groups attached to an aromatic ring is 1. The highest BCUT2D eigenvalue weighted by atomic mass is 16.5. The SMILES string of the molecule is COc1ccc(N)cc1NC(=O)COC(C)CC(C)C.